The summed E-state index contributed by atoms with van der Waals surface area (Å²) in [6, 6.07) is 9.80. The largest absolute Gasteiger partial charge is 1.00 e. The van der Waals surface area contributed by atoms with E-state index in [0.29, 0.717) is 0 Å². The molecular formula is C14H24KO4P. The van der Waals surface area contributed by atoms with Gasteiger partial charge in [0.1, 0.15) is 0 Å². The molecule has 110 valence electrons. The third kappa shape index (κ3) is 11.6. The Morgan fingerprint density at radius 1 is 1.00 bits per heavy atom. The smallest absolute Gasteiger partial charge is 0.303 e. The van der Waals surface area contributed by atoms with Crippen LogP contribution < -0.4 is 51.4 Å². The molecule has 0 aromatic heterocycles. The molecule has 0 spiro atoms. The minimum atomic E-state index is -4.64. The zero-order valence-corrected chi connectivity index (χ0v) is 17.4. The van der Waals surface area contributed by atoms with Crippen LogP contribution in [0.15, 0.2) is 18.2 Å². The Hall–Kier alpha value is 0.966. The Morgan fingerprint density at radius 3 is 1.70 bits per heavy atom. The molecule has 0 bridgehead atoms. The van der Waals surface area contributed by atoms with Gasteiger partial charge in [-0.3, -0.25) is 0 Å². The number of rotatable bonds is 0. The summed E-state index contributed by atoms with van der Waals surface area (Å²) in [5.41, 5.74) is 3.11. The Labute approximate surface area is 164 Å². The van der Waals surface area contributed by atoms with Crippen LogP contribution in [-0.4, -0.2) is 14.7 Å². The first kappa shape index (κ1) is 23.2. The van der Waals surface area contributed by atoms with Gasteiger partial charge >= 0.3 is 59.2 Å². The molecular weight excluding hydrogens is 302 g/mol. The molecule has 0 atom stereocenters. The van der Waals surface area contributed by atoms with Crippen molar-refractivity contribution in [2.75, 3.05) is 0 Å². The first-order chi connectivity index (χ1) is 8.21. The molecule has 0 saturated carbocycles. The van der Waals surface area contributed by atoms with Crippen LogP contribution in [0.3, 0.4) is 0 Å². The Kier molecular flexibility index (Phi) is 9.94. The molecule has 6 heteroatoms. The number of hydrogen-bond donors (Lipinski definition) is 3. The zero-order chi connectivity index (χ0) is 15.5. The van der Waals surface area contributed by atoms with Crippen molar-refractivity contribution in [3.8, 4) is 0 Å². The fourth-order valence-electron chi connectivity index (χ4n) is 1.37. The van der Waals surface area contributed by atoms with E-state index in [2.05, 4.69) is 59.7 Å². The van der Waals surface area contributed by atoms with Crippen molar-refractivity contribution in [1.82, 2.24) is 0 Å². The van der Waals surface area contributed by atoms with Gasteiger partial charge in [0.25, 0.3) is 0 Å². The second-order valence-corrected chi connectivity index (χ2v) is 7.53. The number of hydrogen-bond acceptors (Lipinski definition) is 1. The van der Waals surface area contributed by atoms with Crippen molar-refractivity contribution >= 4 is 7.82 Å². The van der Waals surface area contributed by atoms with E-state index in [9.17, 15) is 0 Å². The van der Waals surface area contributed by atoms with Crippen molar-refractivity contribution in [2.24, 2.45) is 0 Å². The molecule has 20 heavy (non-hydrogen) atoms. The van der Waals surface area contributed by atoms with E-state index in [0.717, 1.165) is 0 Å². The fraction of sp³-hybridized carbons (Fsp3) is 0.571. The standard InChI is InChI=1S/C14H21.K.H3O4P/c1-13(2,3)11-8-7-9-12(10-11)14(4,5)6;;1-5(2,3)4/h7-8,10H,1-6H3;;(H3,1,2,3,4)/q-1;+1;. The Balaban J connectivity index is 0. The average molecular weight is 326 g/mol. The van der Waals surface area contributed by atoms with E-state index in [1.54, 1.807) is 0 Å². The summed E-state index contributed by atoms with van der Waals surface area (Å²) in [5, 5.41) is 0. The van der Waals surface area contributed by atoms with Gasteiger partial charge in [-0.05, 0) is 10.8 Å². The molecule has 4 nitrogen and oxygen atoms in total. The van der Waals surface area contributed by atoms with Gasteiger partial charge in [-0.1, -0.05) is 41.5 Å². The van der Waals surface area contributed by atoms with Gasteiger partial charge in [0.05, 0.1) is 0 Å². The molecule has 1 aromatic rings. The van der Waals surface area contributed by atoms with Gasteiger partial charge < -0.3 is 14.7 Å². The van der Waals surface area contributed by atoms with E-state index >= 15 is 0 Å². The SMILES string of the molecule is CC(C)(C)c1[c-]ccc(C(C)(C)C)c1.O=P(O)(O)O.[K+]. The van der Waals surface area contributed by atoms with E-state index < -0.39 is 7.82 Å². The van der Waals surface area contributed by atoms with E-state index in [1.807, 2.05) is 6.07 Å². The maximum absolute atomic E-state index is 8.88. The first-order valence-corrected chi connectivity index (χ1v) is 7.59. The molecule has 3 N–H and O–H groups in total. The zero-order valence-electron chi connectivity index (χ0n) is 13.4. The number of benzene rings is 1. The predicted molar refractivity (Wildman–Crippen MR) is 76.9 cm³/mol. The van der Waals surface area contributed by atoms with Crippen LogP contribution in [0.4, 0.5) is 0 Å². The molecule has 1 rings (SSSR count). The van der Waals surface area contributed by atoms with Crippen molar-refractivity contribution in [1.29, 1.82) is 0 Å². The van der Waals surface area contributed by atoms with Gasteiger partial charge in [-0.2, -0.15) is 35.4 Å². The summed E-state index contributed by atoms with van der Waals surface area (Å²) < 4.78 is 8.88. The van der Waals surface area contributed by atoms with Crippen molar-refractivity contribution in [3.63, 3.8) is 0 Å². The fourth-order valence-corrected chi connectivity index (χ4v) is 1.37. The van der Waals surface area contributed by atoms with Crippen LogP contribution in [0.5, 0.6) is 0 Å². The Bertz CT molecular complexity index is 417. The molecule has 0 saturated heterocycles. The van der Waals surface area contributed by atoms with Gasteiger partial charge in [0, 0.05) is 0 Å². The van der Waals surface area contributed by atoms with Crippen LogP contribution in [0.2, 0.25) is 0 Å². The summed E-state index contributed by atoms with van der Waals surface area (Å²) in [6.45, 7) is 13.4. The van der Waals surface area contributed by atoms with Gasteiger partial charge in [-0.25, -0.2) is 4.57 Å². The van der Waals surface area contributed by atoms with Crippen LogP contribution in [0, 0.1) is 6.07 Å². The molecule has 0 aliphatic carbocycles. The van der Waals surface area contributed by atoms with E-state index in [1.165, 1.54) is 11.1 Å². The minimum Gasteiger partial charge on any atom is -0.303 e. The summed E-state index contributed by atoms with van der Waals surface area (Å²) in [6.07, 6.45) is 0. The van der Waals surface area contributed by atoms with Gasteiger partial charge in [0.15, 0.2) is 0 Å². The van der Waals surface area contributed by atoms with Gasteiger partial charge in [0.2, 0.25) is 0 Å². The third-order valence-electron chi connectivity index (χ3n) is 2.48. The topological polar surface area (TPSA) is 77.8 Å². The first-order valence-electron chi connectivity index (χ1n) is 6.02. The van der Waals surface area contributed by atoms with Crippen molar-refractivity contribution in [3.05, 3.63) is 35.4 Å². The van der Waals surface area contributed by atoms with E-state index in [4.69, 9.17) is 19.2 Å². The van der Waals surface area contributed by atoms with Crippen LogP contribution in [-0.2, 0) is 15.4 Å². The average Bonchev–Trinajstić information content (AvgIpc) is 2.12. The summed E-state index contributed by atoms with van der Waals surface area (Å²) >= 11 is 0. The van der Waals surface area contributed by atoms with E-state index in [-0.39, 0.29) is 62.2 Å². The summed E-state index contributed by atoms with van der Waals surface area (Å²) in [7, 11) is -4.64. The third-order valence-corrected chi connectivity index (χ3v) is 2.48. The predicted octanol–water partition coefficient (Wildman–Crippen LogP) is 0.157. The van der Waals surface area contributed by atoms with Crippen molar-refractivity contribution < 1.29 is 70.6 Å². The monoisotopic (exact) mass is 326 g/mol. The van der Waals surface area contributed by atoms with Crippen LogP contribution in [0.1, 0.15) is 52.7 Å². The number of phosphoric acid groups is 1. The quantitative estimate of drug-likeness (QED) is 0.360. The molecule has 0 aliphatic rings. The molecule has 0 unspecified atom stereocenters. The summed E-state index contributed by atoms with van der Waals surface area (Å²) in [4.78, 5) is 21.6. The van der Waals surface area contributed by atoms with Crippen LogP contribution in [0.25, 0.3) is 0 Å². The molecule has 0 aliphatic heterocycles. The second-order valence-electron chi connectivity index (χ2n) is 6.50. The Morgan fingerprint density at radius 2 is 1.40 bits per heavy atom. The molecule has 1 aromatic carbocycles. The molecule has 0 radical (unpaired) electrons. The molecule has 0 fully saturated rings. The van der Waals surface area contributed by atoms with Crippen LogP contribution >= 0.6 is 7.82 Å². The summed E-state index contributed by atoms with van der Waals surface area (Å²) in [5.74, 6) is 0. The van der Waals surface area contributed by atoms with Gasteiger partial charge in [-0.15, -0.1) is 0 Å². The second kappa shape index (κ2) is 8.56. The maximum atomic E-state index is 8.88. The molecule has 0 heterocycles. The normalized spacial score (nSPS) is 12.1. The molecule has 0 amide bonds. The maximum Gasteiger partial charge on any atom is 1.00 e. The van der Waals surface area contributed by atoms with Crippen molar-refractivity contribution in [2.45, 2.75) is 52.4 Å². The minimum absolute atomic E-state index is 0.